The number of aromatic nitrogens is 4. The quantitative estimate of drug-likeness (QED) is 0.304. The summed E-state index contributed by atoms with van der Waals surface area (Å²) in [7, 11) is 0. The number of alkyl halides is 1. The smallest absolute Gasteiger partial charge is 0.250 e. The number of nitriles is 1. The van der Waals surface area contributed by atoms with E-state index in [4.69, 9.17) is 22.1 Å². The summed E-state index contributed by atoms with van der Waals surface area (Å²) in [5.41, 5.74) is 6.08. The van der Waals surface area contributed by atoms with Gasteiger partial charge in [-0.05, 0) is 48.6 Å². The highest BCUT2D eigenvalue weighted by Crippen LogP contribution is 2.41. The molecular formula is C31H31ClF2N8O2. The van der Waals surface area contributed by atoms with E-state index in [0.717, 1.165) is 12.6 Å². The SMILES string of the molecule is CCN1CC(F)(COc2cc(-c3cnc(N4CCC(C)(c5cc(F)cc(C(N)=O)c5Cl)CC4)cn3)c3c(C#N)cnn3c2)C1. The Labute approximate surface area is 258 Å². The minimum Gasteiger partial charge on any atom is -0.489 e. The zero-order valence-corrected chi connectivity index (χ0v) is 25.1. The summed E-state index contributed by atoms with van der Waals surface area (Å²) in [5, 5.41) is 14.2. The Hall–Kier alpha value is -4.34. The Morgan fingerprint density at radius 1 is 1.18 bits per heavy atom. The average molecular weight is 621 g/mol. The van der Waals surface area contributed by atoms with Gasteiger partial charge in [0.05, 0.1) is 52.1 Å². The second-order valence-corrected chi connectivity index (χ2v) is 12.2. The lowest BCUT2D eigenvalue weighted by Gasteiger charge is -2.43. The van der Waals surface area contributed by atoms with Gasteiger partial charge in [-0.2, -0.15) is 10.4 Å². The van der Waals surface area contributed by atoms with Gasteiger partial charge in [-0.1, -0.05) is 25.4 Å². The van der Waals surface area contributed by atoms with E-state index in [1.165, 1.54) is 16.8 Å². The molecule has 0 bridgehead atoms. The third-order valence-corrected chi connectivity index (χ3v) is 9.13. The highest BCUT2D eigenvalue weighted by Gasteiger charge is 2.43. The van der Waals surface area contributed by atoms with Crippen molar-refractivity contribution in [2.24, 2.45) is 5.73 Å². The molecule has 1 aromatic carbocycles. The molecule has 0 aliphatic carbocycles. The molecule has 3 aromatic heterocycles. The van der Waals surface area contributed by atoms with E-state index in [-0.39, 0.29) is 17.2 Å². The Balaban J connectivity index is 1.21. The van der Waals surface area contributed by atoms with Crippen molar-refractivity contribution in [1.29, 1.82) is 5.26 Å². The number of nitrogens with two attached hydrogens (primary N) is 1. The maximum atomic E-state index is 15.0. The molecule has 0 radical (unpaired) electrons. The highest BCUT2D eigenvalue weighted by atomic mass is 35.5. The summed E-state index contributed by atoms with van der Waals surface area (Å²) in [6.07, 6.45) is 7.64. The van der Waals surface area contributed by atoms with Crippen LogP contribution in [-0.2, 0) is 5.41 Å². The van der Waals surface area contributed by atoms with Crippen molar-refractivity contribution in [3.63, 3.8) is 0 Å². The van der Waals surface area contributed by atoms with E-state index in [1.807, 2.05) is 18.7 Å². The number of amides is 1. The molecule has 0 spiro atoms. The highest BCUT2D eigenvalue weighted by molar-refractivity contribution is 6.34. The molecule has 2 saturated heterocycles. The zero-order chi connectivity index (χ0) is 31.2. The normalized spacial score (nSPS) is 17.7. The molecule has 2 fully saturated rings. The van der Waals surface area contributed by atoms with Crippen molar-refractivity contribution < 1.29 is 18.3 Å². The van der Waals surface area contributed by atoms with Crippen molar-refractivity contribution in [2.75, 3.05) is 44.2 Å². The zero-order valence-electron chi connectivity index (χ0n) is 24.4. The lowest BCUT2D eigenvalue weighted by Crippen LogP contribution is -2.61. The summed E-state index contributed by atoms with van der Waals surface area (Å²) in [4.78, 5) is 25.2. The van der Waals surface area contributed by atoms with E-state index in [9.17, 15) is 18.8 Å². The molecule has 10 nitrogen and oxygen atoms in total. The fraction of sp³-hybridized carbons (Fsp3) is 0.387. The van der Waals surface area contributed by atoms with Crippen LogP contribution in [0.3, 0.4) is 0 Å². The van der Waals surface area contributed by atoms with Gasteiger partial charge in [-0.15, -0.1) is 0 Å². The van der Waals surface area contributed by atoms with Crippen LogP contribution in [0.2, 0.25) is 5.02 Å². The molecule has 1 amide bonds. The van der Waals surface area contributed by atoms with Crippen LogP contribution in [0, 0.1) is 17.1 Å². The van der Waals surface area contributed by atoms with Gasteiger partial charge in [0.25, 0.3) is 0 Å². The topological polar surface area (TPSA) is 126 Å². The van der Waals surface area contributed by atoms with Crippen LogP contribution in [-0.4, -0.2) is 75.4 Å². The van der Waals surface area contributed by atoms with Gasteiger partial charge in [0.1, 0.15) is 30.1 Å². The molecule has 4 aromatic rings. The van der Waals surface area contributed by atoms with Gasteiger partial charge in [0, 0.05) is 31.7 Å². The lowest BCUT2D eigenvalue weighted by atomic mass is 9.74. The molecule has 2 aliphatic heterocycles. The number of benzene rings is 1. The van der Waals surface area contributed by atoms with Crippen molar-refractivity contribution in [3.05, 3.63) is 70.5 Å². The number of pyridine rings is 1. The summed E-state index contributed by atoms with van der Waals surface area (Å²) >= 11 is 6.50. The van der Waals surface area contributed by atoms with Crippen LogP contribution in [0.4, 0.5) is 14.6 Å². The summed E-state index contributed by atoms with van der Waals surface area (Å²) < 4.78 is 36.7. The molecule has 0 unspecified atom stereocenters. The monoisotopic (exact) mass is 620 g/mol. The van der Waals surface area contributed by atoms with Gasteiger partial charge >= 0.3 is 0 Å². The largest absolute Gasteiger partial charge is 0.489 e. The maximum Gasteiger partial charge on any atom is 0.250 e. The van der Waals surface area contributed by atoms with E-state index in [1.54, 1.807) is 24.7 Å². The number of fused-ring (bicyclic) bond motifs is 1. The number of halogens is 3. The first-order valence-electron chi connectivity index (χ1n) is 14.3. The lowest BCUT2D eigenvalue weighted by molar-refractivity contribution is -0.0574. The first kappa shape index (κ1) is 29.7. The molecule has 6 rings (SSSR count). The number of hydrogen-bond acceptors (Lipinski definition) is 8. The van der Waals surface area contributed by atoms with Crippen LogP contribution in [0.15, 0.2) is 43.0 Å². The predicted octanol–water partition coefficient (Wildman–Crippen LogP) is 4.54. The third kappa shape index (κ3) is 5.42. The van der Waals surface area contributed by atoms with Crippen molar-refractivity contribution in [3.8, 4) is 23.1 Å². The van der Waals surface area contributed by atoms with Crippen molar-refractivity contribution in [1.82, 2.24) is 24.5 Å². The van der Waals surface area contributed by atoms with E-state index in [2.05, 4.69) is 26.0 Å². The number of rotatable bonds is 8. The third-order valence-electron chi connectivity index (χ3n) is 8.72. The number of primary amides is 1. The fourth-order valence-corrected chi connectivity index (χ4v) is 6.50. The van der Waals surface area contributed by atoms with Crippen LogP contribution < -0.4 is 15.4 Å². The molecule has 44 heavy (non-hydrogen) atoms. The number of piperidine rings is 1. The van der Waals surface area contributed by atoms with E-state index in [0.29, 0.717) is 78.5 Å². The van der Waals surface area contributed by atoms with E-state index < -0.39 is 22.8 Å². The summed E-state index contributed by atoms with van der Waals surface area (Å²) in [5.74, 6) is -0.266. The van der Waals surface area contributed by atoms with E-state index >= 15 is 0 Å². The van der Waals surface area contributed by atoms with Gasteiger partial charge in [-0.25, -0.2) is 18.3 Å². The molecular weight excluding hydrogens is 590 g/mol. The number of carbonyl (C=O) groups is 1. The predicted molar refractivity (Wildman–Crippen MR) is 161 cm³/mol. The van der Waals surface area contributed by atoms with Crippen LogP contribution >= 0.6 is 11.6 Å². The second kappa shape index (κ2) is 11.3. The molecule has 2 aliphatic rings. The molecule has 0 atom stereocenters. The van der Waals surface area contributed by atoms with Gasteiger partial charge in [0.15, 0.2) is 5.67 Å². The number of nitrogens with zero attached hydrogens (tertiary/aromatic N) is 7. The summed E-state index contributed by atoms with van der Waals surface area (Å²) in [6.45, 7) is 6.53. The number of hydrogen-bond donors (Lipinski definition) is 1. The molecule has 13 heteroatoms. The summed E-state index contributed by atoms with van der Waals surface area (Å²) in [6, 6.07) is 6.34. The maximum absolute atomic E-state index is 15.0. The number of anilines is 1. The molecule has 228 valence electrons. The van der Waals surface area contributed by atoms with Gasteiger partial charge in [-0.3, -0.25) is 14.7 Å². The fourth-order valence-electron chi connectivity index (χ4n) is 6.07. The Morgan fingerprint density at radius 2 is 1.93 bits per heavy atom. The number of ether oxygens (including phenoxy) is 1. The van der Waals surface area contributed by atoms with Gasteiger partial charge < -0.3 is 15.4 Å². The van der Waals surface area contributed by atoms with Crippen molar-refractivity contribution in [2.45, 2.75) is 37.8 Å². The minimum atomic E-state index is -1.41. The number of likely N-dealkylation sites (tertiary alicyclic amines) is 1. The Bertz CT molecular complexity index is 1770. The minimum absolute atomic E-state index is 0.0246. The Kier molecular flexibility index (Phi) is 7.63. The number of carbonyl (C=O) groups excluding carboxylic acids is 1. The second-order valence-electron chi connectivity index (χ2n) is 11.8. The standard InChI is InChI=1S/C31H31ClF2N8O2/c1-3-40-16-31(34,17-40)18-44-21-10-22(28-19(11-35)12-39-42(28)15-21)25-13-38-26(14-37-25)41-6-4-30(2,5-7-41)24-9-20(33)8-23(27(24)32)29(36)43/h8-10,12-15H,3-7,16-18H2,1-2H3,(H2,36,43). The van der Waals surface area contributed by atoms with Crippen molar-refractivity contribution >= 4 is 28.8 Å². The van der Waals surface area contributed by atoms with Crippen LogP contribution in [0.25, 0.3) is 16.8 Å². The average Bonchev–Trinajstić information content (AvgIpc) is 3.42. The van der Waals surface area contributed by atoms with Crippen LogP contribution in [0.5, 0.6) is 5.75 Å². The molecule has 2 N–H and O–H groups in total. The Morgan fingerprint density at radius 3 is 2.57 bits per heavy atom. The first-order valence-corrected chi connectivity index (χ1v) is 14.7. The first-order chi connectivity index (χ1) is 21.0. The van der Waals surface area contributed by atoms with Crippen LogP contribution in [0.1, 0.15) is 48.2 Å². The molecule has 0 saturated carbocycles. The molecule has 5 heterocycles. The van der Waals surface area contributed by atoms with Gasteiger partial charge in [0.2, 0.25) is 5.91 Å².